The van der Waals surface area contributed by atoms with Crippen molar-refractivity contribution in [3.8, 4) is 5.75 Å². The largest absolute Gasteiger partial charge is 0.490 e. The Bertz CT molecular complexity index is 715. The summed E-state index contributed by atoms with van der Waals surface area (Å²) in [6, 6.07) is 6.30. The van der Waals surface area contributed by atoms with Crippen molar-refractivity contribution in [3.63, 3.8) is 0 Å². The summed E-state index contributed by atoms with van der Waals surface area (Å²) in [7, 11) is 0. The SMILES string of the molecule is CCCCc1cc2c(=O)[nH]ccc2cc1O[C@H]1CC[C@@H](N)CC1. The van der Waals surface area contributed by atoms with E-state index in [9.17, 15) is 4.79 Å². The summed E-state index contributed by atoms with van der Waals surface area (Å²) in [4.78, 5) is 14.8. The molecule has 3 rings (SSSR count). The molecule has 4 heteroatoms. The van der Waals surface area contributed by atoms with E-state index >= 15 is 0 Å². The van der Waals surface area contributed by atoms with Crippen LogP contribution in [0.3, 0.4) is 0 Å². The summed E-state index contributed by atoms with van der Waals surface area (Å²) in [6.45, 7) is 2.18. The minimum absolute atomic E-state index is 0.0320. The fraction of sp³-hybridized carbons (Fsp3) is 0.526. The number of fused-ring (bicyclic) bond motifs is 1. The molecular formula is C19H26N2O2. The molecule has 23 heavy (non-hydrogen) atoms. The average molecular weight is 314 g/mol. The summed E-state index contributed by atoms with van der Waals surface area (Å²) < 4.78 is 6.31. The number of benzene rings is 1. The van der Waals surface area contributed by atoms with Crippen LogP contribution in [0.15, 0.2) is 29.2 Å². The van der Waals surface area contributed by atoms with E-state index in [0.717, 1.165) is 67.0 Å². The maximum Gasteiger partial charge on any atom is 0.255 e. The standard InChI is InChI=1S/C19H26N2O2/c1-2-3-4-14-11-17-13(9-10-21-19(17)22)12-18(14)23-16-7-5-15(20)6-8-16/h9-12,15-16H,2-8,20H2,1H3,(H,21,22)/t15-,16+. The van der Waals surface area contributed by atoms with Crippen LogP contribution >= 0.6 is 0 Å². The number of H-pyrrole nitrogens is 1. The summed E-state index contributed by atoms with van der Waals surface area (Å²) >= 11 is 0. The van der Waals surface area contributed by atoms with Gasteiger partial charge in [0.25, 0.3) is 5.56 Å². The third kappa shape index (κ3) is 3.75. The third-order valence-corrected chi connectivity index (χ3v) is 4.77. The van der Waals surface area contributed by atoms with Crippen LogP contribution in [0.25, 0.3) is 10.8 Å². The number of nitrogens with two attached hydrogens (primary N) is 1. The molecule has 0 aliphatic heterocycles. The van der Waals surface area contributed by atoms with Crippen LogP contribution in [0.5, 0.6) is 5.75 Å². The normalized spacial score (nSPS) is 21.5. The second kappa shape index (κ2) is 7.18. The van der Waals surface area contributed by atoms with E-state index in [1.54, 1.807) is 6.20 Å². The van der Waals surface area contributed by atoms with Crippen LogP contribution < -0.4 is 16.0 Å². The lowest BCUT2D eigenvalue weighted by atomic mass is 9.93. The van der Waals surface area contributed by atoms with Crippen LogP contribution in [0, 0.1) is 0 Å². The monoisotopic (exact) mass is 314 g/mol. The molecule has 0 bridgehead atoms. The molecule has 0 saturated heterocycles. The number of hydrogen-bond acceptors (Lipinski definition) is 3. The Labute approximate surface area is 137 Å². The van der Waals surface area contributed by atoms with Gasteiger partial charge in [-0.05, 0) is 67.7 Å². The smallest absolute Gasteiger partial charge is 0.255 e. The van der Waals surface area contributed by atoms with Crippen LogP contribution in [-0.2, 0) is 6.42 Å². The van der Waals surface area contributed by atoms with Crippen molar-refractivity contribution in [3.05, 3.63) is 40.3 Å². The minimum atomic E-state index is -0.0320. The molecule has 1 fully saturated rings. The molecule has 1 aromatic carbocycles. The predicted molar refractivity (Wildman–Crippen MR) is 94.0 cm³/mol. The van der Waals surface area contributed by atoms with Gasteiger partial charge in [-0.1, -0.05) is 13.3 Å². The zero-order valence-corrected chi connectivity index (χ0v) is 13.8. The highest BCUT2D eigenvalue weighted by Crippen LogP contribution is 2.30. The predicted octanol–water partition coefficient (Wildman–Crippen LogP) is 3.52. The Hall–Kier alpha value is -1.81. The second-order valence-corrected chi connectivity index (χ2v) is 6.61. The Morgan fingerprint density at radius 1 is 1.26 bits per heavy atom. The first-order chi connectivity index (χ1) is 11.2. The molecule has 3 N–H and O–H groups in total. The van der Waals surface area contributed by atoms with Gasteiger partial charge in [0.05, 0.1) is 6.10 Å². The van der Waals surface area contributed by atoms with Crippen molar-refractivity contribution < 1.29 is 4.74 Å². The first-order valence-corrected chi connectivity index (χ1v) is 8.74. The lowest BCUT2D eigenvalue weighted by Crippen LogP contribution is -2.31. The van der Waals surface area contributed by atoms with Crippen LogP contribution in [-0.4, -0.2) is 17.1 Å². The van der Waals surface area contributed by atoms with Gasteiger partial charge in [-0.2, -0.15) is 0 Å². The van der Waals surface area contributed by atoms with Crippen molar-refractivity contribution >= 4 is 10.8 Å². The summed E-state index contributed by atoms with van der Waals surface area (Å²) in [5.74, 6) is 0.942. The van der Waals surface area contributed by atoms with Crippen LogP contribution in [0.2, 0.25) is 0 Å². The number of aryl methyl sites for hydroxylation is 1. The fourth-order valence-electron chi connectivity index (χ4n) is 3.32. The maximum atomic E-state index is 12.0. The number of unbranched alkanes of at least 4 members (excludes halogenated alkanes) is 1. The molecule has 1 aliphatic carbocycles. The minimum Gasteiger partial charge on any atom is -0.490 e. The van der Waals surface area contributed by atoms with Gasteiger partial charge in [-0.3, -0.25) is 4.79 Å². The molecule has 0 amide bonds. The molecule has 1 heterocycles. The average Bonchev–Trinajstić information content (AvgIpc) is 2.55. The van der Waals surface area contributed by atoms with Gasteiger partial charge in [-0.15, -0.1) is 0 Å². The number of aromatic amines is 1. The van der Waals surface area contributed by atoms with Crippen molar-refractivity contribution in [1.29, 1.82) is 0 Å². The zero-order chi connectivity index (χ0) is 16.2. The van der Waals surface area contributed by atoms with Gasteiger partial charge in [0, 0.05) is 17.6 Å². The van der Waals surface area contributed by atoms with E-state index in [1.165, 1.54) is 0 Å². The maximum absolute atomic E-state index is 12.0. The fourth-order valence-corrected chi connectivity index (χ4v) is 3.32. The molecule has 1 aliphatic rings. The summed E-state index contributed by atoms with van der Waals surface area (Å²) in [6.07, 6.45) is 9.20. The molecule has 2 aromatic rings. The highest BCUT2D eigenvalue weighted by molar-refractivity contribution is 5.84. The first kappa shape index (κ1) is 16.1. The summed E-state index contributed by atoms with van der Waals surface area (Å²) in [5.41, 5.74) is 7.10. The molecule has 0 radical (unpaired) electrons. The highest BCUT2D eigenvalue weighted by atomic mass is 16.5. The highest BCUT2D eigenvalue weighted by Gasteiger charge is 2.21. The van der Waals surface area contributed by atoms with E-state index in [2.05, 4.69) is 11.9 Å². The number of aromatic nitrogens is 1. The number of nitrogens with one attached hydrogen (secondary N) is 1. The Morgan fingerprint density at radius 3 is 2.78 bits per heavy atom. The van der Waals surface area contributed by atoms with E-state index in [0.29, 0.717) is 6.04 Å². The topological polar surface area (TPSA) is 68.1 Å². The van der Waals surface area contributed by atoms with Crippen molar-refractivity contribution in [1.82, 2.24) is 4.98 Å². The number of rotatable bonds is 5. The van der Waals surface area contributed by atoms with Crippen molar-refractivity contribution in [2.24, 2.45) is 5.73 Å². The van der Waals surface area contributed by atoms with E-state index in [-0.39, 0.29) is 11.7 Å². The molecule has 0 atom stereocenters. The molecule has 1 saturated carbocycles. The first-order valence-electron chi connectivity index (χ1n) is 8.74. The second-order valence-electron chi connectivity index (χ2n) is 6.61. The lowest BCUT2D eigenvalue weighted by molar-refractivity contribution is 0.146. The lowest BCUT2D eigenvalue weighted by Gasteiger charge is -2.27. The van der Waals surface area contributed by atoms with Gasteiger partial charge < -0.3 is 15.5 Å². The molecule has 124 valence electrons. The number of pyridine rings is 1. The molecule has 0 unspecified atom stereocenters. The van der Waals surface area contributed by atoms with Gasteiger partial charge in [-0.25, -0.2) is 0 Å². The summed E-state index contributed by atoms with van der Waals surface area (Å²) in [5, 5.41) is 1.69. The van der Waals surface area contributed by atoms with Crippen LogP contribution in [0.4, 0.5) is 0 Å². The number of hydrogen-bond donors (Lipinski definition) is 2. The zero-order valence-electron chi connectivity index (χ0n) is 13.8. The van der Waals surface area contributed by atoms with Gasteiger partial charge in [0.15, 0.2) is 0 Å². The van der Waals surface area contributed by atoms with Gasteiger partial charge in [0.2, 0.25) is 0 Å². The van der Waals surface area contributed by atoms with Gasteiger partial charge >= 0.3 is 0 Å². The van der Waals surface area contributed by atoms with Crippen molar-refractivity contribution in [2.45, 2.75) is 64.0 Å². The molecule has 0 spiro atoms. The molecule has 1 aromatic heterocycles. The van der Waals surface area contributed by atoms with Crippen molar-refractivity contribution in [2.75, 3.05) is 0 Å². The quantitative estimate of drug-likeness (QED) is 0.887. The Balaban J connectivity index is 1.91. The van der Waals surface area contributed by atoms with E-state index in [4.69, 9.17) is 10.5 Å². The van der Waals surface area contributed by atoms with Gasteiger partial charge in [0.1, 0.15) is 5.75 Å². The molecular weight excluding hydrogens is 288 g/mol. The van der Waals surface area contributed by atoms with Crippen LogP contribution in [0.1, 0.15) is 51.0 Å². The number of ether oxygens (including phenoxy) is 1. The Morgan fingerprint density at radius 2 is 2.04 bits per heavy atom. The van der Waals surface area contributed by atoms with E-state index in [1.807, 2.05) is 18.2 Å². The van der Waals surface area contributed by atoms with E-state index < -0.39 is 0 Å². The molecule has 4 nitrogen and oxygen atoms in total. The Kier molecular flexibility index (Phi) is 5.01. The third-order valence-electron chi connectivity index (χ3n) is 4.77.